The van der Waals surface area contributed by atoms with Gasteiger partial charge in [0.2, 0.25) is 5.95 Å². The van der Waals surface area contributed by atoms with Crippen molar-refractivity contribution in [2.24, 2.45) is 0 Å². The van der Waals surface area contributed by atoms with Crippen molar-refractivity contribution in [3.63, 3.8) is 0 Å². The maximum absolute atomic E-state index is 12.8. The highest BCUT2D eigenvalue weighted by Crippen LogP contribution is 2.23. The van der Waals surface area contributed by atoms with Crippen LogP contribution in [0.5, 0.6) is 0 Å². The average Bonchev–Trinajstić information content (AvgIpc) is 2.52. The third-order valence-electron chi connectivity index (χ3n) is 1.84. The van der Waals surface area contributed by atoms with Gasteiger partial charge in [0.25, 0.3) is 0 Å². The molecule has 0 fully saturated rings. The molecule has 2 N–H and O–H groups in total. The summed E-state index contributed by atoms with van der Waals surface area (Å²) in [5.74, 6) is 0.0802. The zero-order valence-electron chi connectivity index (χ0n) is 7.11. The highest BCUT2D eigenvalue weighted by molar-refractivity contribution is 9.10. The van der Waals surface area contributed by atoms with Crippen molar-refractivity contribution in [2.45, 2.75) is 0 Å². The lowest BCUT2D eigenvalue weighted by Crippen LogP contribution is -2.00. The Balaban J connectivity index is 2.58. The van der Waals surface area contributed by atoms with Crippen LogP contribution in [0.4, 0.5) is 10.3 Å². The van der Waals surface area contributed by atoms with Crippen LogP contribution in [0.1, 0.15) is 0 Å². The van der Waals surface area contributed by atoms with Crippen molar-refractivity contribution in [3.8, 4) is 5.69 Å². The van der Waals surface area contributed by atoms with Crippen LogP contribution < -0.4 is 5.73 Å². The highest BCUT2D eigenvalue weighted by atomic mass is 79.9. The lowest BCUT2D eigenvalue weighted by atomic mass is 10.3. The summed E-state index contributed by atoms with van der Waals surface area (Å²) in [7, 11) is 0. The van der Waals surface area contributed by atoms with E-state index >= 15 is 0 Å². The summed E-state index contributed by atoms with van der Waals surface area (Å²) in [6.07, 6.45) is 3.30. The van der Waals surface area contributed by atoms with E-state index in [-0.39, 0.29) is 5.82 Å². The first-order valence-corrected chi connectivity index (χ1v) is 4.72. The third kappa shape index (κ3) is 1.50. The number of nitrogen functional groups attached to an aromatic ring is 1. The van der Waals surface area contributed by atoms with Gasteiger partial charge in [-0.1, -0.05) is 0 Å². The Morgan fingerprint density at radius 2 is 2.21 bits per heavy atom. The molecule has 14 heavy (non-hydrogen) atoms. The Morgan fingerprint density at radius 1 is 1.43 bits per heavy atom. The van der Waals surface area contributed by atoms with Crippen LogP contribution in [-0.2, 0) is 0 Å². The molecular weight excluding hydrogens is 249 g/mol. The molecule has 0 saturated carbocycles. The summed E-state index contributed by atoms with van der Waals surface area (Å²) < 4.78 is 15.1. The van der Waals surface area contributed by atoms with Gasteiger partial charge in [-0.15, -0.1) is 0 Å². The zero-order chi connectivity index (χ0) is 10.1. The number of rotatable bonds is 1. The lowest BCUT2D eigenvalue weighted by molar-refractivity contribution is 0.626. The Labute approximate surface area is 88.5 Å². The van der Waals surface area contributed by atoms with Gasteiger partial charge in [0.15, 0.2) is 0 Å². The van der Waals surface area contributed by atoms with Crippen molar-refractivity contribution < 1.29 is 4.39 Å². The van der Waals surface area contributed by atoms with Crippen LogP contribution in [0.3, 0.4) is 0 Å². The standard InChI is InChI=1S/C9H7BrFN3/c10-7-5-6(11)1-2-8(7)14-4-3-13-9(14)12/h1-5H,(H2,12,13). The van der Waals surface area contributed by atoms with E-state index < -0.39 is 0 Å². The molecular formula is C9H7BrFN3. The van der Waals surface area contributed by atoms with E-state index in [2.05, 4.69) is 20.9 Å². The van der Waals surface area contributed by atoms with Gasteiger partial charge in [-0.3, -0.25) is 4.57 Å². The predicted molar refractivity (Wildman–Crippen MR) is 55.6 cm³/mol. The molecule has 0 aliphatic heterocycles. The maximum Gasteiger partial charge on any atom is 0.204 e. The molecule has 0 atom stereocenters. The molecule has 72 valence electrons. The SMILES string of the molecule is Nc1nccn1-c1ccc(F)cc1Br. The van der Waals surface area contributed by atoms with Gasteiger partial charge >= 0.3 is 0 Å². The molecule has 5 heteroatoms. The fraction of sp³-hybridized carbons (Fsp3) is 0. The van der Waals surface area contributed by atoms with Gasteiger partial charge in [0.05, 0.1) is 5.69 Å². The highest BCUT2D eigenvalue weighted by Gasteiger charge is 2.05. The third-order valence-corrected chi connectivity index (χ3v) is 2.47. The van der Waals surface area contributed by atoms with Crippen molar-refractivity contribution in [1.29, 1.82) is 0 Å². The van der Waals surface area contributed by atoms with Gasteiger partial charge < -0.3 is 5.73 Å². The molecule has 0 radical (unpaired) electrons. The summed E-state index contributed by atoms with van der Waals surface area (Å²) in [5, 5.41) is 0. The number of benzene rings is 1. The average molecular weight is 256 g/mol. The molecule has 1 aromatic heterocycles. The number of imidazole rings is 1. The Bertz CT molecular complexity index is 467. The Hall–Kier alpha value is -1.36. The lowest BCUT2D eigenvalue weighted by Gasteiger charge is -2.06. The normalized spacial score (nSPS) is 10.4. The summed E-state index contributed by atoms with van der Waals surface area (Å²) in [4.78, 5) is 3.88. The van der Waals surface area contributed by atoms with Gasteiger partial charge in [0.1, 0.15) is 5.82 Å². The maximum atomic E-state index is 12.8. The number of anilines is 1. The van der Waals surface area contributed by atoms with E-state index in [1.807, 2.05) is 0 Å². The van der Waals surface area contributed by atoms with Crippen molar-refractivity contribution in [2.75, 3.05) is 5.73 Å². The van der Waals surface area contributed by atoms with Crippen LogP contribution in [0.25, 0.3) is 5.69 Å². The fourth-order valence-corrected chi connectivity index (χ4v) is 1.74. The largest absolute Gasteiger partial charge is 0.369 e. The topological polar surface area (TPSA) is 43.8 Å². The second kappa shape index (κ2) is 3.42. The molecule has 2 rings (SSSR count). The summed E-state index contributed by atoms with van der Waals surface area (Å²) in [6.45, 7) is 0. The van der Waals surface area contributed by atoms with E-state index in [9.17, 15) is 4.39 Å². The molecule has 3 nitrogen and oxygen atoms in total. The van der Waals surface area contributed by atoms with Gasteiger partial charge in [-0.2, -0.15) is 0 Å². The molecule has 0 bridgehead atoms. The number of hydrogen-bond donors (Lipinski definition) is 1. The first-order valence-electron chi connectivity index (χ1n) is 3.93. The van der Waals surface area contributed by atoms with Gasteiger partial charge in [-0.25, -0.2) is 9.37 Å². The van der Waals surface area contributed by atoms with E-state index in [0.717, 1.165) is 5.69 Å². The van der Waals surface area contributed by atoms with Crippen LogP contribution in [-0.4, -0.2) is 9.55 Å². The number of hydrogen-bond acceptors (Lipinski definition) is 2. The van der Waals surface area contributed by atoms with Crippen molar-refractivity contribution in [3.05, 3.63) is 40.9 Å². The van der Waals surface area contributed by atoms with E-state index in [0.29, 0.717) is 10.4 Å². The predicted octanol–water partition coefficient (Wildman–Crippen LogP) is 2.36. The molecule has 1 heterocycles. The molecule has 1 aromatic carbocycles. The number of nitrogens with zero attached hydrogens (tertiary/aromatic N) is 2. The molecule has 0 amide bonds. The quantitative estimate of drug-likeness (QED) is 0.851. The second-order valence-electron chi connectivity index (χ2n) is 2.75. The minimum Gasteiger partial charge on any atom is -0.369 e. The molecule has 2 aromatic rings. The van der Waals surface area contributed by atoms with E-state index in [4.69, 9.17) is 5.73 Å². The first-order chi connectivity index (χ1) is 6.68. The van der Waals surface area contributed by atoms with E-state index in [1.165, 1.54) is 12.1 Å². The molecule has 0 aliphatic carbocycles. The summed E-state index contributed by atoms with van der Waals surface area (Å²) in [6, 6.07) is 4.39. The molecule has 0 spiro atoms. The number of aromatic nitrogens is 2. The van der Waals surface area contributed by atoms with Crippen LogP contribution in [0.2, 0.25) is 0 Å². The molecule has 0 aliphatic rings. The Kier molecular flexibility index (Phi) is 2.25. The van der Waals surface area contributed by atoms with Crippen LogP contribution >= 0.6 is 15.9 Å². The van der Waals surface area contributed by atoms with Gasteiger partial charge in [0, 0.05) is 16.9 Å². The smallest absolute Gasteiger partial charge is 0.204 e. The summed E-state index contributed by atoms with van der Waals surface area (Å²) >= 11 is 3.26. The minimum atomic E-state index is -0.292. The molecule has 0 unspecified atom stereocenters. The van der Waals surface area contributed by atoms with Crippen LogP contribution in [0, 0.1) is 5.82 Å². The van der Waals surface area contributed by atoms with Gasteiger partial charge in [-0.05, 0) is 34.1 Å². The zero-order valence-corrected chi connectivity index (χ0v) is 8.70. The fourth-order valence-electron chi connectivity index (χ4n) is 1.20. The monoisotopic (exact) mass is 255 g/mol. The number of nitrogens with two attached hydrogens (primary N) is 1. The first kappa shape index (κ1) is 9.21. The van der Waals surface area contributed by atoms with Crippen molar-refractivity contribution >= 4 is 21.9 Å². The van der Waals surface area contributed by atoms with Crippen molar-refractivity contribution in [1.82, 2.24) is 9.55 Å². The summed E-state index contributed by atoms with van der Waals surface area (Å²) in [5.41, 5.74) is 6.38. The van der Waals surface area contributed by atoms with Crippen LogP contribution in [0.15, 0.2) is 35.1 Å². The molecule has 0 saturated heterocycles. The number of halogens is 2. The Morgan fingerprint density at radius 3 is 2.79 bits per heavy atom. The minimum absolute atomic E-state index is 0.292. The van der Waals surface area contributed by atoms with E-state index in [1.54, 1.807) is 23.0 Å². The second-order valence-corrected chi connectivity index (χ2v) is 3.61.